The zero-order valence-corrected chi connectivity index (χ0v) is 21.9. The van der Waals surface area contributed by atoms with E-state index < -0.39 is 17.7 Å². The van der Waals surface area contributed by atoms with Crippen molar-refractivity contribution in [2.24, 2.45) is 10.2 Å². The molecule has 0 spiro atoms. The van der Waals surface area contributed by atoms with E-state index in [2.05, 4.69) is 10.2 Å². The molecule has 11 heteroatoms. The van der Waals surface area contributed by atoms with Gasteiger partial charge in [0.2, 0.25) is 6.04 Å². The zero-order chi connectivity index (χ0) is 26.0. The molecule has 1 atom stereocenters. The summed E-state index contributed by atoms with van der Waals surface area (Å²) in [6.07, 6.45) is 0. The molecule has 0 radical (unpaired) electrons. The highest BCUT2D eigenvalue weighted by atomic mass is 35.5. The van der Waals surface area contributed by atoms with Crippen LogP contribution >= 0.6 is 23.4 Å². The van der Waals surface area contributed by atoms with E-state index in [1.54, 1.807) is 31.2 Å². The summed E-state index contributed by atoms with van der Waals surface area (Å²) in [5, 5.41) is 8.33. The molecule has 0 aliphatic rings. The van der Waals surface area contributed by atoms with Gasteiger partial charge in [0.1, 0.15) is 11.4 Å². The van der Waals surface area contributed by atoms with Crippen LogP contribution in [-0.4, -0.2) is 44.2 Å². The molecular weight excluding hydrogens is 497 g/mol. The van der Waals surface area contributed by atoms with E-state index in [1.807, 2.05) is 20.8 Å². The Morgan fingerprint density at radius 2 is 1.43 bits per heavy atom. The standard InChI is InChI=1S/C24H29Cl2N3O6/c1-6-32-19-11-10-16(12-22(19)35-9-4)29(26)24(31)23(15(5)30)28-27-18-13-17(25)20(33-7-2)14-21(18)34-8-3/h10-14,23H,6-9H2,1-5H3. The average Bonchev–Trinajstić information content (AvgIpc) is 2.82. The highest BCUT2D eigenvalue weighted by molar-refractivity contribution is 6.39. The van der Waals surface area contributed by atoms with Crippen molar-refractivity contribution in [1.29, 1.82) is 0 Å². The minimum atomic E-state index is -1.49. The summed E-state index contributed by atoms with van der Waals surface area (Å²) in [4.78, 5) is 25.4. The van der Waals surface area contributed by atoms with Gasteiger partial charge >= 0.3 is 0 Å². The maximum Gasteiger partial charge on any atom is 0.276 e. The fourth-order valence-electron chi connectivity index (χ4n) is 2.96. The number of benzene rings is 2. The Balaban J connectivity index is 2.36. The minimum Gasteiger partial charge on any atom is -0.492 e. The Bertz CT molecular complexity index is 1060. The number of anilines is 1. The Kier molecular flexibility index (Phi) is 11.1. The molecule has 0 aliphatic carbocycles. The molecule has 0 bridgehead atoms. The number of carbonyl (C=O) groups excluding carboxylic acids is 2. The first-order valence-corrected chi connectivity index (χ1v) is 11.9. The summed E-state index contributed by atoms with van der Waals surface area (Å²) in [5.74, 6) is 0.351. The summed E-state index contributed by atoms with van der Waals surface area (Å²) in [6.45, 7) is 10.1. The summed E-state index contributed by atoms with van der Waals surface area (Å²) >= 11 is 12.6. The first-order chi connectivity index (χ1) is 16.8. The molecule has 2 aromatic rings. The molecule has 0 saturated carbocycles. The van der Waals surface area contributed by atoms with E-state index >= 15 is 0 Å². The number of azo groups is 1. The number of rotatable bonds is 13. The third-order valence-electron chi connectivity index (χ3n) is 4.46. The Labute approximate surface area is 215 Å². The fourth-order valence-corrected chi connectivity index (χ4v) is 3.37. The summed E-state index contributed by atoms with van der Waals surface area (Å²) < 4.78 is 23.0. The first kappa shape index (κ1) is 28.2. The van der Waals surface area contributed by atoms with Crippen LogP contribution in [0, 0.1) is 0 Å². The van der Waals surface area contributed by atoms with E-state index in [4.69, 9.17) is 42.3 Å². The van der Waals surface area contributed by atoms with Gasteiger partial charge in [0.25, 0.3) is 5.91 Å². The molecule has 0 aromatic heterocycles. The van der Waals surface area contributed by atoms with Crippen molar-refractivity contribution in [3.8, 4) is 23.0 Å². The van der Waals surface area contributed by atoms with Gasteiger partial charge in [-0.05, 0) is 52.8 Å². The van der Waals surface area contributed by atoms with Gasteiger partial charge in [-0.1, -0.05) is 11.6 Å². The molecule has 2 aromatic carbocycles. The highest BCUT2D eigenvalue weighted by Gasteiger charge is 2.29. The lowest BCUT2D eigenvalue weighted by Crippen LogP contribution is -2.36. The zero-order valence-electron chi connectivity index (χ0n) is 20.3. The second-order valence-electron chi connectivity index (χ2n) is 6.96. The molecule has 9 nitrogen and oxygen atoms in total. The van der Waals surface area contributed by atoms with Crippen molar-refractivity contribution in [3.63, 3.8) is 0 Å². The number of halogens is 2. The topological polar surface area (TPSA) is 99.0 Å². The van der Waals surface area contributed by atoms with Crippen molar-refractivity contribution in [2.45, 2.75) is 40.7 Å². The second-order valence-corrected chi connectivity index (χ2v) is 7.71. The van der Waals surface area contributed by atoms with Gasteiger partial charge in [0.05, 0.1) is 37.1 Å². The van der Waals surface area contributed by atoms with Crippen LogP contribution < -0.4 is 23.4 Å². The van der Waals surface area contributed by atoms with Crippen LogP contribution in [0.5, 0.6) is 23.0 Å². The van der Waals surface area contributed by atoms with Crippen LogP contribution in [-0.2, 0) is 9.59 Å². The van der Waals surface area contributed by atoms with Gasteiger partial charge in [0, 0.05) is 23.9 Å². The highest BCUT2D eigenvalue weighted by Crippen LogP contribution is 2.38. The van der Waals surface area contributed by atoms with Gasteiger partial charge in [-0.2, -0.15) is 10.2 Å². The molecular formula is C24H29Cl2N3O6. The first-order valence-electron chi connectivity index (χ1n) is 11.2. The summed E-state index contributed by atoms with van der Waals surface area (Å²) in [5.41, 5.74) is 0.518. The molecule has 0 N–H and O–H groups in total. The van der Waals surface area contributed by atoms with Crippen LogP contribution in [0.2, 0.25) is 5.02 Å². The van der Waals surface area contributed by atoms with Crippen molar-refractivity contribution in [2.75, 3.05) is 30.8 Å². The van der Waals surface area contributed by atoms with Gasteiger partial charge < -0.3 is 18.9 Å². The minimum absolute atomic E-state index is 0.236. The lowest BCUT2D eigenvalue weighted by molar-refractivity contribution is -0.126. The summed E-state index contributed by atoms with van der Waals surface area (Å²) in [6, 6.07) is 6.33. The summed E-state index contributed by atoms with van der Waals surface area (Å²) in [7, 11) is 0. The van der Waals surface area contributed by atoms with Crippen LogP contribution in [0.1, 0.15) is 34.6 Å². The number of Topliss-reactive ketones (excluding diaryl/α,β-unsaturated/α-hetero) is 1. The van der Waals surface area contributed by atoms with E-state index in [0.29, 0.717) is 49.4 Å². The van der Waals surface area contributed by atoms with Gasteiger partial charge in [0.15, 0.2) is 23.0 Å². The fraction of sp³-hybridized carbons (Fsp3) is 0.417. The van der Waals surface area contributed by atoms with Crippen molar-refractivity contribution in [3.05, 3.63) is 35.4 Å². The van der Waals surface area contributed by atoms with E-state index in [9.17, 15) is 9.59 Å². The normalized spacial score (nSPS) is 11.7. The smallest absolute Gasteiger partial charge is 0.276 e. The number of nitrogens with zero attached hydrogens (tertiary/aromatic N) is 3. The molecule has 0 fully saturated rings. The molecule has 2 rings (SSSR count). The number of hydrogen-bond acceptors (Lipinski definition) is 8. The van der Waals surface area contributed by atoms with Crippen molar-refractivity contribution in [1.82, 2.24) is 0 Å². The van der Waals surface area contributed by atoms with Gasteiger partial charge in [-0.25, -0.2) is 4.42 Å². The molecule has 1 unspecified atom stereocenters. The predicted molar refractivity (Wildman–Crippen MR) is 135 cm³/mol. The van der Waals surface area contributed by atoms with Crippen LogP contribution in [0.4, 0.5) is 11.4 Å². The van der Waals surface area contributed by atoms with E-state index in [1.165, 1.54) is 13.0 Å². The molecule has 0 heterocycles. The quantitative estimate of drug-likeness (QED) is 0.176. The Morgan fingerprint density at radius 3 is 2.03 bits per heavy atom. The number of ketones is 1. The number of ether oxygens (including phenoxy) is 4. The van der Waals surface area contributed by atoms with Crippen LogP contribution in [0.3, 0.4) is 0 Å². The SMILES string of the molecule is CCOc1cc(OCC)c(N=NC(C(C)=O)C(=O)N(Cl)c2ccc(OCC)c(OCC)c2)cc1Cl. The van der Waals surface area contributed by atoms with E-state index in [0.717, 1.165) is 4.42 Å². The lowest BCUT2D eigenvalue weighted by atomic mass is 10.2. The lowest BCUT2D eigenvalue weighted by Gasteiger charge is -2.19. The van der Waals surface area contributed by atoms with E-state index in [-0.39, 0.29) is 16.4 Å². The predicted octanol–water partition coefficient (Wildman–Crippen LogP) is 6.16. The van der Waals surface area contributed by atoms with Crippen LogP contribution in [0.25, 0.3) is 0 Å². The molecule has 190 valence electrons. The average molecular weight is 526 g/mol. The number of carbonyl (C=O) groups is 2. The van der Waals surface area contributed by atoms with Crippen LogP contribution in [0.15, 0.2) is 40.6 Å². The maximum atomic E-state index is 13.1. The Morgan fingerprint density at radius 1 is 0.857 bits per heavy atom. The third-order valence-corrected chi connectivity index (χ3v) is 5.12. The molecule has 1 amide bonds. The largest absolute Gasteiger partial charge is 0.492 e. The molecule has 0 saturated heterocycles. The molecule has 0 aliphatic heterocycles. The van der Waals surface area contributed by atoms with Gasteiger partial charge in [-0.3, -0.25) is 9.59 Å². The number of hydrogen-bond donors (Lipinski definition) is 0. The van der Waals surface area contributed by atoms with Gasteiger partial charge in [-0.15, -0.1) is 0 Å². The maximum absolute atomic E-state index is 13.1. The second kappa shape index (κ2) is 13.7. The van der Waals surface area contributed by atoms with Crippen molar-refractivity contribution < 1.29 is 28.5 Å². The molecule has 35 heavy (non-hydrogen) atoms. The third kappa shape index (κ3) is 7.47. The monoisotopic (exact) mass is 525 g/mol. The number of amides is 1. The van der Waals surface area contributed by atoms with Crippen molar-refractivity contribution >= 4 is 46.4 Å². The Hall–Kier alpha value is -3.04.